The molecule has 1 aromatic rings. The Labute approximate surface area is 186 Å². The van der Waals surface area contributed by atoms with Gasteiger partial charge >= 0.3 is 0 Å². The number of amides is 2. The quantitative estimate of drug-likeness (QED) is 0.687. The predicted octanol–water partition coefficient (Wildman–Crippen LogP) is 2.96. The molecule has 172 valence electrons. The van der Waals surface area contributed by atoms with E-state index in [0.29, 0.717) is 6.04 Å². The van der Waals surface area contributed by atoms with E-state index in [1.165, 1.54) is 19.3 Å². The molecule has 2 aliphatic rings. The number of anilines is 2. The molecule has 3 rings (SSSR count). The van der Waals surface area contributed by atoms with Crippen LogP contribution in [-0.4, -0.2) is 80.1 Å². The molecule has 31 heavy (non-hydrogen) atoms. The minimum absolute atomic E-state index is 0.109. The Morgan fingerprint density at radius 3 is 2.39 bits per heavy atom. The first kappa shape index (κ1) is 23.5. The van der Waals surface area contributed by atoms with Gasteiger partial charge in [0.15, 0.2) is 0 Å². The highest BCUT2D eigenvalue weighted by Gasteiger charge is 2.29. The van der Waals surface area contributed by atoms with Crippen molar-refractivity contribution in [2.75, 3.05) is 56.7 Å². The molecule has 1 saturated heterocycles. The Kier molecular flexibility index (Phi) is 8.72. The molecule has 0 bridgehead atoms. The van der Waals surface area contributed by atoms with Crippen LogP contribution in [0.15, 0.2) is 24.3 Å². The van der Waals surface area contributed by atoms with E-state index in [9.17, 15) is 9.59 Å². The van der Waals surface area contributed by atoms with E-state index >= 15 is 0 Å². The van der Waals surface area contributed by atoms with Crippen molar-refractivity contribution in [1.29, 1.82) is 0 Å². The van der Waals surface area contributed by atoms with Crippen molar-refractivity contribution < 1.29 is 14.3 Å². The maximum absolute atomic E-state index is 13.1. The van der Waals surface area contributed by atoms with Gasteiger partial charge in [-0.05, 0) is 58.0 Å². The lowest BCUT2D eigenvalue weighted by atomic mass is 9.93. The van der Waals surface area contributed by atoms with Gasteiger partial charge in [-0.3, -0.25) is 14.5 Å². The van der Waals surface area contributed by atoms with Gasteiger partial charge in [-0.1, -0.05) is 19.3 Å². The van der Waals surface area contributed by atoms with Gasteiger partial charge in [0.25, 0.3) is 0 Å². The monoisotopic (exact) mass is 430 g/mol. The maximum atomic E-state index is 13.1. The Morgan fingerprint density at radius 2 is 1.77 bits per heavy atom. The third kappa shape index (κ3) is 6.43. The zero-order valence-corrected chi connectivity index (χ0v) is 19.3. The molecule has 2 fully saturated rings. The summed E-state index contributed by atoms with van der Waals surface area (Å²) >= 11 is 0. The first-order valence-corrected chi connectivity index (χ1v) is 11.7. The summed E-state index contributed by atoms with van der Waals surface area (Å²) in [5.74, 6) is 0.0153. The second-order valence-corrected chi connectivity index (χ2v) is 8.70. The van der Waals surface area contributed by atoms with Crippen molar-refractivity contribution in [3.8, 4) is 0 Å². The van der Waals surface area contributed by atoms with Gasteiger partial charge in [-0.25, -0.2) is 0 Å². The van der Waals surface area contributed by atoms with Crippen LogP contribution in [-0.2, 0) is 14.3 Å². The van der Waals surface area contributed by atoms with E-state index in [4.69, 9.17) is 4.74 Å². The number of benzene rings is 1. The SMILES string of the molecule is CCN(C(=O)[C@@H](C)N(C)CC(=O)Nc1ccc(N2CCOCC2)cc1)C1CCCCC1. The first-order chi connectivity index (χ1) is 15.0. The van der Waals surface area contributed by atoms with Gasteiger partial charge in [0.1, 0.15) is 0 Å². The van der Waals surface area contributed by atoms with Crippen LogP contribution in [0, 0.1) is 0 Å². The van der Waals surface area contributed by atoms with Gasteiger partial charge in [-0.2, -0.15) is 0 Å². The molecule has 1 aliphatic heterocycles. The summed E-state index contributed by atoms with van der Waals surface area (Å²) in [5.41, 5.74) is 1.91. The fourth-order valence-corrected chi connectivity index (χ4v) is 4.56. The summed E-state index contributed by atoms with van der Waals surface area (Å²) in [6.45, 7) is 8.13. The number of morpholine rings is 1. The van der Waals surface area contributed by atoms with E-state index in [1.807, 2.05) is 55.0 Å². The molecule has 7 heteroatoms. The number of nitrogens with one attached hydrogen (secondary N) is 1. The molecule has 0 aromatic heterocycles. The third-order valence-corrected chi connectivity index (χ3v) is 6.58. The van der Waals surface area contributed by atoms with Crippen LogP contribution in [0.1, 0.15) is 46.0 Å². The second-order valence-electron chi connectivity index (χ2n) is 8.70. The molecule has 1 saturated carbocycles. The molecule has 0 spiro atoms. The lowest BCUT2D eigenvalue weighted by Crippen LogP contribution is -2.51. The van der Waals surface area contributed by atoms with Gasteiger partial charge in [-0.15, -0.1) is 0 Å². The standard InChI is InChI=1S/C24H38N4O3/c1-4-28(22-8-6-5-7-9-22)24(30)19(2)26(3)18-23(29)25-20-10-12-21(13-11-20)27-14-16-31-17-15-27/h10-13,19,22H,4-9,14-18H2,1-3H3,(H,25,29)/t19-/m1/s1. The van der Waals surface area contributed by atoms with Crippen LogP contribution in [0.5, 0.6) is 0 Å². The Hall–Kier alpha value is -2.12. The van der Waals surface area contributed by atoms with Crippen LogP contribution in [0.4, 0.5) is 11.4 Å². The van der Waals surface area contributed by atoms with Crippen molar-refractivity contribution in [3.05, 3.63) is 24.3 Å². The molecule has 2 amide bonds. The summed E-state index contributed by atoms with van der Waals surface area (Å²) in [5, 5.41) is 2.95. The first-order valence-electron chi connectivity index (χ1n) is 11.7. The maximum Gasteiger partial charge on any atom is 0.239 e. The van der Waals surface area contributed by atoms with Gasteiger partial charge in [0.2, 0.25) is 11.8 Å². The second kappa shape index (κ2) is 11.5. The molecule has 0 unspecified atom stereocenters. The molecule has 7 nitrogen and oxygen atoms in total. The number of rotatable bonds is 8. The number of hydrogen-bond acceptors (Lipinski definition) is 5. The van der Waals surface area contributed by atoms with E-state index in [2.05, 4.69) is 10.2 Å². The normalized spacial score (nSPS) is 18.6. The van der Waals surface area contributed by atoms with Crippen molar-refractivity contribution in [2.24, 2.45) is 0 Å². The van der Waals surface area contributed by atoms with Crippen molar-refractivity contribution >= 4 is 23.2 Å². The molecule has 1 atom stereocenters. The average molecular weight is 431 g/mol. The Morgan fingerprint density at radius 1 is 1.13 bits per heavy atom. The van der Waals surface area contributed by atoms with E-state index < -0.39 is 0 Å². The summed E-state index contributed by atoms with van der Waals surface area (Å²) in [6.07, 6.45) is 5.86. The van der Waals surface area contributed by atoms with Crippen molar-refractivity contribution in [2.45, 2.75) is 58.0 Å². The lowest BCUT2D eigenvalue weighted by molar-refractivity contribution is -0.139. The lowest BCUT2D eigenvalue weighted by Gasteiger charge is -2.37. The summed E-state index contributed by atoms with van der Waals surface area (Å²) < 4.78 is 5.40. The molecule has 1 heterocycles. The third-order valence-electron chi connectivity index (χ3n) is 6.58. The number of carbonyl (C=O) groups is 2. The fraction of sp³-hybridized carbons (Fsp3) is 0.667. The number of hydrogen-bond donors (Lipinski definition) is 1. The minimum Gasteiger partial charge on any atom is -0.378 e. The zero-order chi connectivity index (χ0) is 22.2. The topological polar surface area (TPSA) is 65.1 Å². The summed E-state index contributed by atoms with van der Waals surface area (Å²) in [7, 11) is 1.85. The van der Waals surface area contributed by atoms with Crippen molar-refractivity contribution in [3.63, 3.8) is 0 Å². The van der Waals surface area contributed by atoms with Crippen LogP contribution in [0.3, 0.4) is 0 Å². The number of likely N-dealkylation sites (N-methyl/N-ethyl adjacent to an activating group) is 2. The highest BCUT2D eigenvalue weighted by atomic mass is 16.5. The largest absolute Gasteiger partial charge is 0.378 e. The van der Waals surface area contributed by atoms with Gasteiger partial charge in [0, 0.05) is 37.1 Å². The molecule has 1 N–H and O–H groups in total. The predicted molar refractivity (Wildman–Crippen MR) is 124 cm³/mol. The minimum atomic E-state index is -0.323. The van der Waals surface area contributed by atoms with E-state index in [0.717, 1.165) is 57.1 Å². The highest BCUT2D eigenvalue weighted by Crippen LogP contribution is 2.23. The molecule has 1 aliphatic carbocycles. The van der Waals surface area contributed by atoms with Gasteiger partial charge in [0.05, 0.1) is 25.8 Å². The number of nitrogens with zero attached hydrogens (tertiary/aromatic N) is 3. The average Bonchev–Trinajstić information content (AvgIpc) is 2.80. The molecular formula is C24H38N4O3. The molecule has 1 aromatic carbocycles. The Bertz CT molecular complexity index is 712. The Balaban J connectivity index is 1.50. The summed E-state index contributed by atoms with van der Waals surface area (Å²) in [6, 6.07) is 7.94. The number of ether oxygens (including phenoxy) is 1. The van der Waals surface area contributed by atoms with Crippen molar-refractivity contribution in [1.82, 2.24) is 9.80 Å². The van der Waals surface area contributed by atoms with Crippen LogP contribution in [0.25, 0.3) is 0 Å². The molecule has 0 radical (unpaired) electrons. The van der Waals surface area contributed by atoms with Crippen LogP contribution in [0.2, 0.25) is 0 Å². The van der Waals surface area contributed by atoms with E-state index in [-0.39, 0.29) is 24.4 Å². The fourth-order valence-electron chi connectivity index (χ4n) is 4.56. The summed E-state index contributed by atoms with van der Waals surface area (Å²) in [4.78, 5) is 31.8. The van der Waals surface area contributed by atoms with Crippen LogP contribution >= 0.6 is 0 Å². The zero-order valence-electron chi connectivity index (χ0n) is 19.3. The highest BCUT2D eigenvalue weighted by molar-refractivity contribution is 5.93. The van der Waals surface area contributed by atoms with Gasteiger partial charge < -0.3 is 19.9 Å². The number of carbonyl (C=O) groups excluding carboxylic acids is 2. The molecular weight excluding hydrogens is 392 g/mol. The van der Waals surface area contributed by atoms with E-state index in [1.54, 1.807) is 0 Å². The van der Waals surface area contributed by atoms with Crippen LogP contribution < -0.4 is 10.2 Å². The smallest absolute Gasteiger partial charge is 0.239 e.